The largest absolute Gasteiger partial charge is 0.493 e. The Hall–Kier alpha value is -2.73. The van der Waals surface area contributed by atoms with Gasteiger partial charge in [-0.1, -0.05) is 23.7 Å². The van der Waals surface area contributed by atoms with Gasteiger partial charge in [-0.2, -0.15) is 4.98 Å². The van der Waals surface area contributed by atoms with E-state index in [1.807, 2.05) is 0 Å². The maximum absolute atomic E-state index is 12.2. The van der Waals surface area contributed by atoms with Gasteiger partial charge in [0.05, 0.1) is 6.20 Å². The summed E-state index contributed by atoms with van der Waals surface area (Å²) in [4.78, 5) is 26.6. The molecule has 0 amide bonds. The molecular weight excluding hydrogens is 292 g/mol. The number of aromatic nitrogens is 4. The van der Waals surface area contributed by atoms with Crippen LogP contribution in [0.3, 0.4) is 0 Å². The smallest absolute Gasteiger partial charge is 0.262 e. The van der Waals surface area contributed by atoms with Crippen molar-refractivity contribution in [1.29, 1.82) is 0 Å². The number of hydrogen-bond acceptors (Lipinski definition) is 5. The predicted molar refractivity (Wildman–Crippen MR) is 78.0 cm³/mol. The van der Waals surface area contributed by atoms with E-state index >= 15 is 0 Å². The molecule has 0 fully saturated rings. The third kappa shape index (κ3) is 2.61. The average molecular weight is 301 g/mol. The Bertz CT molecular complexity index is 832. The molecular formula is C14H9ClN4O2. The monoisotopic (exact) mass is 300 g/mol. The number of halogens is 1. The van der Waals surface area contributed by atoms with Gasteiger partial charge in [-0.25, -0.2) is 4.98 Å². The summed E-state index contributed by atoms with van der Waals surface area (Å²) < 4.78 is 0. The van der Waals surface area contributed by atoms with Gasteiger partial charge in [0, 0.05) is 17.4 Å². The maximum atomic E-state index is 12.2. The van der Waals surface area contributed by atoms with Gasteiger partial charge < -0.3 is 10.1 Å². The molecule has 3 rings (SSSR count). The summed E-state index contributed by atoms with van der Waals surface area (Å²) in [6.07, 6.45) is 4.42. The first-order chi connectivity index (χ1) is 10.1. The molecule has 7 heteroatoms. The van der Waals surface area contributed by atoms with E-state index in [0.717, 1.165) is 0 Å². The molecule has 0 saturated carbocycles. The van der Waals surface area contributed by atoms with Gasteiger partial charge in [0.2, 0.25) is 5.88 Å². The Morgan fingerprint density at radius 1 is 1.14 bits per heavy atom. The Labute approximate surface area is 124 Å². The Morgan fingerprint density at radius 3 is 2.52 bits per heavy atom. The fraction of sp³-hybridized carbons (Fsp3) is 0. The number of nitrogens with zero attached hydrogens (tertiary/aromatic N) is 3. The van der Waals surface area contributed by atoms with Crippen LogP contribution in [-0.2, 0) is 0 Å². The van der Waals surface area contributed by atoms with E-state index in [1.54, 1.807) is 24.3 Å². The Kier molecular flexibility index (Phi) is 3.37. The highest BCUT2D eigenvalue weighted by atomic mass is 35.5. The van der Waals surface area contributed by atoms with Crippen molar-refractivity contribution in [3.05, 3.63) is 58.2 Å². The normalized spacial score (nSPS) is 10.5. The lowest BCUT2D eigenvalue weighted by Gasteiger charge is -2.05. The van der Waals surface area contributed by atoms with Crippen LogP contribution in [0.5, 0.6) is 5.88 Å². The predicted octanol–water partition coefficient (Wildman–Crippen LogP) is 2.25. The summed E-state index contributed by atoms with van der Waals surface area (Å²) in [6, 6.07) is 6.53. The molecule has 2 heterocycles. The van der Waals surface area contributed by atoms with E-state index in [1.165, 1.54) is 18.6 Å². The molecule has 0 atom stereocenters. The third-order valence-corrected chi connectivity index (χ3v) is 3.09. The number of nitrogens with one attached hydrogen (secondary N) is 1. The van der Waals surface area contributed by atoms with Crippen LogP contribution in [-0.4, -0.2) is 25.0 Å². The van der Waals surface area contributed by atoms with Crippen LogP contribution in [0.4, 0.5) is 0 Å². The lowest BCUT2D eigenvalue weighted by Crippen LogP contribution is -2.12. The number of aromatic amines is 1. The van der Waals surface area contributed by atoms with Gasteiger partial charge in [0.15, 0.2) is 5.82 Å². The summed E-state index contributed by atoms with van der Waals surface area (Å²) in [6.45, 7) is 0. The number of hydrogen-bond donors (Lipinski definition) is 2. The first-order valence-electron chi connectivity index (χ1n) is 6.01. The molecule has 2 aromatic heterocycles. The van der Waals surface area contributed by atoms with Crippen LogP contribution < -0.4 is 5.56 Å². The second-order valence-corrected chi connectivity index (χ2v) is 4.65. The molecule has 0 bridgehead atoms. The SMILES string of the molecule is O=c1[nH]c(-c2cnccn2)nc(O)c1-c1ccc(Cl)cc1. The van der Waals surface area contributed by atoms with Crippen LogP contribution in [0.1, 0.15) is 0 Å². The second-order valence-electron chi connectivity index (χ2n) is 4.21. The van der Waals surface area contributed by atoms with Crippen molar-refractivity contribution in [2.45, 2.75) is 0 Å². The molecule has 0 aliphatic heterocycles. The summed E-state index contributed by atoms with van der Waals surface area (Å²) >= 11 is 5.80. The van der Waals surface area contributed by atoms with Crippen molar-refractivity contribution in [3.63, 3.8) is 0 Å². The number of benzene rings is 1. The molecule has 0 radical (unpaired) electrons. The van der Waals surface area contributed by atoms with Crippen LogP contribution >= 0.6 is 11.6 Å². The van der Waals surface area contributed by atoms with E-state index in [4.69, 9.17) is 11.6 Å². The Morgan fingerprint density at radius 2 is 1.90 bits per heavy atom. The minimum atomic E-state index is -0.467. The molecule has 0 aliphatic rings. The first-order valence-corrected chi connectivity index (χ1v) is 6.38. The molecule has 6 nitrogen and oxygen atoms in total. The summed E-state index contributed by atoms with van der Waals surface area (Å²) in [5, 5.41) is 10.6. The highest BCUT2D eigenvalue weighted by Gasteiger charge is 2.14. The average Bonchev–Trinajstić information content (AvgIpc) is 2.49. The van der Waals surface area contributed by atoms with Crippen molar-refractivity contribution in [2.24, 2.45) is 0 Å². The fourth-order valence-electron chi connectivity index (χ4n) is 1.88. The minimum Gasteiger partial charge on any atom is -0.493 e. The van der Waals surface area contributed by atoms with E-state index in [0.29, 0.717) is 16.3 Å². The van der Waals surface area contributed by atoms with Crippen molar-refractivity contribution in [2.75, 3.05) is 0 Å². The highest BCUT2D eigenvalue weighted by Crippen LogP contribution is 2.26. The molecule has 21 heavy (non-hydrogen) atoms. The molecule has 0 spiro atoms. The number of rotatable bonds is 2. The zero-order valence-corrected chi connectivity index (χ0v) is 11.4. The van der Waals surface area contributed by atoms with Crippen molar-refractivity contribution in [1.82, 2.24) is 19.9 Å². The van der Waals surface area contributed by atoms with E-state index in [9.17, 15) is 9.90 Å². The fourth-order valence-corrected chi connectivity index (χ4v) is 2.01. The summed E-state index contributed by atoms with van der Waals surface area (Å²) in [5.41, 5.74) is 0.508. The maximum Gasteiger partial charge on any atom is 0.262 e. The molecule has 3 aromatic rings. The second kappa shape index (κ2) is 5.34. The van der Waals surface area contributed by atoms with Crippen LogP contribution in [0.25, 0.3) is 22.6 Å². The van der Waals surface area contributed by atoms with Gasteiger partial charge in [-0.15, -0.1) is 0 Å². The van der Waals surface area contributed by atoms with Gasteiger partial charge in [-0.3, -0.25) is 9.78 Å². The standard InChI is InChI=1S/C14H9ClN4O2/c15-9-3-1-8(2-4-9)11-13(20)18-12(19-14(11)21)10-7-16-5-6-17-10/h1-7H,(H2,18,19,20,21). The minimum absolute atomic E-state index is 0.0827. The van der Waals surface area contributed by atoms with Gasteiger partial charge in [-0.05, 0) is 17.7 Å². The summed E-state index contributed by atoms with van der Waals surface area (Å²) in [7, 11) is 0. The van der Waals surface area contributed by atoms with Crippen molar-refractivity contribution >= 4 is 11.6 Å². The topological polar surface area (TPSA) is 91.8 Å². The van der Waals surface area contributed by atoms with E-state index < -0.39 is 5.56 Å². The molecule has 0 unspecified atom stereocenters. The lowest BCUT2D eigenvalue weighted by atomic mass is 10.1. The highest BCUT2D eigenvalue weighted by molar-refractivity contribution is 6.30. The molecule has 104 valence electrons. The molecule has 2 N–H and O–H groups in total. The van der Waals surface area contributed by atoms with Crippen LogP contribution in [0.2, 0.25) is 5.02 Å². The summed E-state index contributed by atoms with van der Waals surface area (Å²) in [5.74, 6) is -0.218. The van der Waals surface area contributed by atoms with Crippen molar-refractivity contribution < 1.29 is 5.11 Å². The van der Waals surface area contributed by atoms with Gasteiger partial charge in [0.25, 0.3) is 5.56 Å². The first kappa shape index (κ1) is 13.3. The molecule has 0 aliphatic carbocycles. The van der Waals surface area contributed by atoms with Gasteiger partial charge in [0.1, 0.15) is 11.3 Å². The van der Waals surface area contributed by atoms with Crippen LogP contribution in [0.15, 0.2) is 47.7 Å². The Balaban J connectivity index is 2.13. The quantitative estimate of drug-likeness (QED) is 0.757. The number of aromatic hydroxyl groups is 1. The van der Waals surface area contributed by atoms with Crippen molar-refractivity contribution in [3.8, 4) is 28.5 Å². The zero-order valence-electron chi connectivity index (χ0n) is 10.6. The molecule has 0 saturated heterocycles. The van der Waals surface area contributed by atoms with E-state index in [2.05, 4.69) is 19.9 Å². The third-order valence-electron chi connectivity index (χ3n) is 2.84. The number of H-pyrrole nitrogens is 1. The van der Waals surface area contributed by atoms with Gasteiger partial charge >= 0.3 is 0 Å². The molecule has 1 aromatic carbocycles. The van der Waals surface area contributed by atoms with E-state index in [-0.39, 0.29) is 17.3 Å². The lowest BCUT2D eigenvalue weighted by molar-refractivity contribution is 0.454. The zero-order chi connectivity index (χ0) is 14.8. The van der Waals surface area contributed by atoms with Crippen LogP contribution in [0, 0.1) is 0 Å².